The molecule has 1 aromatic rings. The fourth-order valence-corrected chi connectivity index (χ4v) is 3.76. The molecule has 2 fully saturated rings. The minimum absolute atomic E-state index is 0.123. The summed E-state index contributed by atoms with van der Waals surface area (Å²) >= 11 is 0. The Hall–Kier alpha value is -1.04. The number of hydrogen-bond acceptors (Lipinski definition) is 3. The zero-order chi connectivity index (χ0) is 16.2. The van der Waals surface area contributed by atoms with Gasteiger partial charge < -0.3 is 15.4 Å². The molecule has 3 rings (SSSR count). The van der Waals surface area contributed by atoms with Crippen LogP contribution in [-0.4, -0.2) is 49.5 Å². The average molecular weight is 324 g/mol. The van der Waals surface area contributed by atoms with Crippen molar-refractivity contribution in [2.75, 3.05) is 26.2 Å². The lowest BCUT2D eigenvalue weighted by Crippen LogP contribution is -2.54. The summed E-state index contributed by atoms with van der Waals surface area (Å²) in [5, 5.41) is 0. The lowest BCUT2D eigenvalue weighted by molar-refractivity contribution is -0.0534. The Morgan fingerprint density at radius 3 is 2.91 bits per heavy atom. The van der Waals surface area contributed by atoms with Crippen molar-refractivity contribution in [3.05, 3.63) is 35.6 Å². The third-order valence-electron chi connectivity index (χ3n) is 5.08. The molecule has 0 aromatic heterocycles. The second-order valence-electron chi connectivity index (χ2n) is 6.85. The third kappa shape index (κ3) is 4.28. The van der Waals surface area contributed by atoms with Crippen LogP contribution in [0.25, 0.3) is 0 Å². The van der Waals surface area contributed by atoms with Crippen molar-refractivity contribution < 1.29 is 13.5 Å². The van der Waals surface area contributed by atoms with Crippen LogP contribution in [0.3, 0.4) is 0 Å². The molecule has 128 valence electrons. The molecule has 0 saturated carbocycles. The lowest BCUT2D eigenvalue weighted by atomic mass is 9.90. The van der Waals surface area contributed by atoms with Crippen LogP contribution in [0.4, 0.5) is 8.78 Å². The quantitative estimate of drug-likeness (QED) is 0.925. The van der Waals surface area contributed by atoms with Gasteiger partial charge in [-0.2, -0.15) is 0 Å². The number of rotatable bonds is 4. The van der Waals surface area contributed by atoms with E-state index in [9.17, 15) is 8.78 Å². The van der Waals surface area contributed by atoms with E-state index < -0.39 is 12.2 Å². The number of piperidine rings is 1. The van der Waals surface area contributed by atoms with E-state index >= 15 is 0 Å². The van der Waals surface area contributed by atoms with E-state index in [0.29, 0.717) is 25.5 Å². The first-order chi connectivity index (χ1) is 11.1. The second-order valence-corrected chi connectivity index (χ2v) is 6.85. The van der Waals surface area contributed by atoms with Crippen LogP contribution in [0, 0.1) is 11.7 Å². The number of halogens is 2. The fourth-order valence-electron chi connectivity index (χ4n) is 3.76. The molecular weight excluding hydrogens is 298 g/mol. The summed E-state index contributed by atoms with van der Waals surface area (Å²) in [5.41, 5.74) is 6.73. The predicted octanol–water partition coefficient (Wildman–Crippen LogP) is 2.53. The maximum Gasteiger partial charge on any atom is 0.126 e. The summed E-state index contributed by atoms with van der Waals surface area (Å²) in [4.78, 5) is 2.30. The van der Waals surface area contributed by atoms with E-state index in [-0.39, 0.29) is 11.9 Å². The molecule has 2 saturated heterocycles. The zero-order valence-corrected chi connectivity index (χ0v) is 13.5. The van der Waals surface area contributed by atoms with Crippen LogP contribution in [0.5, 0.6) is 0 Å². The van der Waals surface area contributed by atoms with Gasteiger partial charge in [0.1, 0.15) is 12.0 Å². The van der Waals surface area contributed by atoms with Gasteiger partial charge in [-0.1, -0.05) is 18.2 Å². The molecule has 4 atom stereocenters. The molecule has 0 bridgehead atoms. The fraction of sp³-hybridized carbons (Fsp3) is 0.667. The van der Waals surface area contributed by atoms with Crippen molar-refractivity contribution in [2.24, 2.45) is 11.7 Å². The zero-order valence-electron chi connectivity index (χ0n) is 13.5. The van der Waals surface area contributed by atoms with Crippen LogP contribution in [0.1, 0.15) is 24.8 Å². The van der Waals surface area contributed by atoms with Gasteiger partial charge in [-0.15, -0.1) is 0 Å². The highest BCUT2D eigenvalue weighted by Gasteiger charge is 2.33. The monoisotopic (exact) mass is 324 g/mol. The van der Waals surface area contributed by atoms with Crippen molar-refractivity contribution in [1.29, 1.82) is 0 Å². The lowest BCUT2D eigenvalue weighted by Gasteiger charge is -2.38. The molecule has 0 aliphatic carbocycles. The van der Waals surface area contributed by atoms with E-state index in [1.54, 1.807) is 6.07 Å². The summed E-state index contributed by atoms with van der Waals surface area (Å²) < 4.78 is 33.2. The van der Waals surface area contributed by atoms with E-state index in [2.05, 4.69) is 4.90 Å². The molecular formula is C18H26F2N2O. The minimum Gasteiger partial charge on any atom is -0.375 e. The normalized spacial score (nSPS) is 32.8. The highest BCUT2D eigenvalue weighted by atomic mass is 19.1. The summed E-state index contributed by atoms with van der Waals surface area (Å²) in [6, 6.07) is 6.46. The number of alkyl halides is 1. The Morgan fingerprint density at radius 1 is 1.26 bits per heavy atom. The SMILES string of the molecule is NC1C(F)CCOC1CN1CCCC(Cc2ccccc2F)C1. The van der Waals surface area contributed by atoms with E-state index in [0.717, 1.165) is 37.9 Å². The number of ether oxygens (including phenoxy) is 1. The van der Waals surface area contributed by atoms with E-state index in [1.807, 2.05) is 12.1 Å². The molecule has 2 aliphatic rings. The van der Waals surface area contributed by atoms with Gasteiger partial charge in [-0.3, -0.25) is 0 Å². The summed E-state index contributed by atoms with van der Waals surface area (Å²) in [6.45, 7) is 3.01. The first-order valence-electron chi connectivity index (χ1n) is 8.60. The van der Waals surface area contributed by atoms with Crippen molar-refractivity contribution in [3.8, 4) is 0 Å². The van der Waals surface area contributed by atoms with E-state index in [4.69, 9.17) is 10.5 Å². The molecule has 0 spiro atoms. The number of likely N-dealkylation sites (tertiary alicyclic amines) is 1. The second kappa shape index (κ2) is 7.69. The first-order valence-corrected chi connectivity index (χ1v) is 8.60. The van der Waals surface area contributed by atoms with Crippen LogP contribution in [0.15, 0.2) is 24.3 Å². The van der Waals surface area contributed by atoms with Gasteiger partial charge >= 0.3 is 0 Å². The topological polar surface area (TPSA) is 38.5 Å². The molecule has 0 radical (unpaired) electrons. The maximum atomic E-state index is 13.8. The van der Waals surface area contributed by atoms with E-state index in [1.165, 1.54) is 6.07 Å². The Kier molecular flexibility index (Phi) is 5.62. The van der Waals surface area contributed by atoms with Gasteiger partial charge in [-0.05, 0) is 43.4 Å². The average Bonchev–Trinajstić information content (AvgIpc) is 2.55. The van der Waals surface area contributed by atoms with Crippen molar-refractivity contribution in [2.45, 2.75) is 44.0 Å². The smallest absolute Gasteiger partial charge is 0.126 e. The number of nitrogens with two attached hydrogens (primary N) is 1. The third-order valence-corrected chi connectivity index (χ3v) is 5.08. The molecule has 3 nitrogen and oxygen atoms in total. The van der Waals surface area contributed by atoms with Crippen molar-refractivity contribution in [1.82, 2.24) is 4.90 Å². The molecule has 23 heavy (non-hydrogen) atoms. The number of nitrogens with zero attached hydrogens (tertiary/aromatic N) is 1. The predicted molar refractivity (Wildman–Crippen MR) is 86.5 cm³/mol. The standard InChI is InChI=1S/C18H26F2N2O/c19-15-6-2-1-5-14(15)10-13-4-3-8-22(11-13)12-17-18(21)16(20)7-9-23-17/h1-2,5-6,13,16-18H,3-4,7-12,21H2. The largest absolute Gasteiger partial charge is 0.375 e. The molecule has 1 aromatic carbocycles. The van der Waals surface area contributed by atoms with Gasteiger partial charge in [0.2, 0.25) is 0 Å². The van der Waals surface area contributed by atoms with Crippen LogP contribution in [-0.2, 0) is 11.2 Å². The number of hydrogen-bond donors (Lipinski definition) is 1. The summed E-state index contributed by atoms with van der Waals surface area (Å²) in [5.74, 6) is 0.309. The Bertz CT molecular complexity index is 514. The summed E-state index contributed by atoms with van der Waals surface area (Å²) in [7, 11) is 0. The molecule has 2 aliphatic heterocycles. The molecule has 2 N–H and O–H groups in total. The van der Waals surface area contributed by atoms with Gasteiger partial charge in [-0.25, -0.2) is 8.78 Å². The van der Waals surface area contributed by atoms with Crippen LogP contribution in [0.2, 0.25) is 0 Å². The van der Waals surface area contributed by atoms with Gasteiger partial charge in [0.25, 0.3) is 0 Å². The first kappa shape index (κ1) is 16.8. The van der Waals surface area contributed by atoms with Crippen molar-refractivity contribution in [3.63, 3.8) is 0 Å². The minimum atomic E-state index is -0.965. The van der Waals surface area contributed by atoms with Crippen LogP contribution < -0.4 is 5.73 Å². The molecule has 2 heterocycles. The highest BCUT2D eigenvalue weighted by molar-refractivity contribution is 5.18. The van der Waals surface area contributed by atoms with Crippen molar-refractivity contribution >= 4 is 0 Å². The number of benzene rings is 1. The molecule has 0 amide bonds. The maximum absolute atomic E-state index is 13.8. The highest BCUT2D eigenvalue weighted by Crippen LogP contribution is 2.24. The van der Waals surface area contributed by atoms with Crippen LogP contribution >= 0.6 is 0 Å². The summed E-state index contributed by atoms with van der Waals surface area (Å²) in [6.07, 6.45) is 2.15. The van der Waals surface area contributed by atoms with Gasteiger partial charge in [0.15, 0.2) is 0 Å². The Labute approximate surface area is 136 Å². The molecule has 5 heteroatoms. The Morgan fingerprint density at radius 2 is 2.09 bits per heavy atom. The van der Waals surface area contributed by atoms with Gasteiger partial charge in [0.05, 0.1) is 12.1 Å². The Balaban J connectivity index is 1.55. The molecule has 4 unspecified atom stereocenters. The van der Waals surface area contributed by atoms with Gasteiger partial charge in [0, 0.05) is 26.1 Å².